The lowest BCUT2D eigenvalue weighted by Gasteiger charge is -2.29. The number of para-hydroxylation sites is 1. The fourth-order valence-corrected chi connectivity index (χ4v) is 4.83. The molecule has 1 aliphatic rings. The minimum atomic E-state index is -0.261. The summed E-state index contributed by atoms with van der Waals surface area (Å²) in [4.78, 5) is 27.3. The van der Waals surface area contributed by atoms with Gasteiger partial charge >= 0.3 is 6.03 Å². The molecule has 6 nitrogen and oxygen atoms in total. The number of carbonyl (C=O) groups is 2. The highest BCUT2D eigenvalue weighted by Gasteiger charge is 2.21. The maximum absolute atomic E-state index is 12.6. The van der Waals surface area contributed by atoms with Crippen LogP contribution in [0.25, 0.3) is 10.8 Å². The fourth-order valence-electron chi connectivity index (χ4n) is 4.83. The fraction of sp³-hybridized carbons (Fsp3) is 0.200. The summed E-state index contributed by atoms with van der Waals surface area (Å²) in [6, 6.07) is 29.7. The van der Waals surface area contributed by atoms with Crippen LogP contribution < -0.4 is 16.0 Å². The second-order valence-electron chi connectivity index (χ2n) is 9.09. The van der Waals surface area contributed by atoms with E-state index in [0.717, 1.165) is 41.9 Å². The van der Waals surface area contributed by atoms with Crippen molar-refractivity contribution in [2.45, 2.75) is 19.4 Å². The van der Waals surface area contributed by atoms with Crippen molar-refractivity contribution in [1.29, 1.82) is 0 Å². The molecular weight excluding hydrogens is 448 g/mol. The number of amides is 3. The molecule has 0 aromatic heterocycles. The minimum absolute atomic E-state index is 0.0372. The summed E-state index contributed by atoms with van der Waals surface area (Å²) >= 11 is 0. The van der Waals surface area contributed by atoms with Gasteiger partial charge in [-0.3, -0.25) is 9.69 Å². The smallest absolute Gasteiger partial charge is 0.323 e. The van der Waals surface area contributed by atoms with Crippen LogP contribution in [-0.2, 0) is 24.2 Å². The molecule has 0 unspecified atom stereocenters. The van der Waals surface area contributed by atoms with E-state index in [-0.39, 0.29) is 11.9 Å². The van der Waals surface area contributed by atoms with Crippen molar-refractivity contribution in [1.82, 2.24) is 10.2 Å². The van der Waals surface area contributed by atoms with E-state index >= 15 is 0 Å². The first kappa shape index (κ1) is 23.6. The van der Waals surface area contributed by atoms with E-state index in [1.54, 1.807) is 0 Å². The van der Waals surface area contributed by atoms with E-state index in [1.165, 1.54) is 16.3 Å². The van der Waals surface area contributed by atoms with Gasteiger partial charge in [-0.05, 0) is 58.5 Å². The summed E-state index contributed by atoms with van der Waals surface area (Å²) in [5, 5.41) is 11.4. The molecule has 0 bridgehead atoms. The van der Waals surface area contributed by atoms with Gasteiger partial charge in [0.2, 0.25) is 5.91 Å². The zero-order chi connectivity index (χ0) is 24.7. The van der Waals surface area contributed by atoms with Crippen LogP contribution in [0.3, 0.4) is 0 Å². The highest BCUT2D eigenvalue weighted by molar-refractivity contribution is 6.00. The first-order valence-electron chi connectivity index (χ1n) is 12.4. The summed E-state index contributed by atoms with van der Waals surface area (Å²) < 4.78 is 0. The van der Waals surface area contributed by atoms with Crippen LogP contribution in [-0.4, -0.2) is 36.5 Å². The van der Waals surface area contributed by atoms with E-state index in [0.29, 0.717) is 19.6 Å². The number of rotatable bonds is 7. The number of hydrogen-bond acceptors (Lipinski definition) is 3. The van der Waals surface area contributed by atoms with Crippen molar-refractivity contribution >= 4 is 34.1 Å². The number of nitrogens with one attached hydrogen (secondary N) is 3. The molecule has 0 saturated heterocycles. The zero-order valence-corrected chi connectivity index (χ0v) is 20.2. The lowest BCUT2D eigenvalue weighted by atomic mass is 9.97. The van der Waals surface area contributed by atoms with Gasteiger partial charge in [-0.25, -0.2) is 4.79 Å². The van der Waals surface area contributed by atoms with Crippen molar-refractivity contribution in [3.63, 3.8) is 0 Å². The predicted molar refractivity (Wildman–Crippen MR) is 145 cm³/mol. The van der Waals surface area contributed by atoms with Gasteiger partial charge in [-0.15, -0.1) is 0 Å². The number of benzene rings is 4. The third kappa shape index (κ3) is 5.73. The van der Waals surface area contributed by atoms with Gasteiger partial charge < -0.3 is 16.0 Å². The maximum atomic E-state index is 12.6. The number of anilines is 2. The molecule has 4 aromatic rings. The molecule has 3 N–H and O–H groups in total. The van der Waals surface area contributed by atoms with Crippen LogP contribution in [0.1, 0.15) is 16.7 Å². The van der Waals surface area contributed by atoms with Gasteiger partial charge in [0, 0.05) is 31.0 Å². The predicted octanol–water partition coefficient (Wildman–Crippen LogP) is 5.20. The van der Waals surface area contributed by atoms with Gasteiger partial charge in [-0.2, -0.15) is 0 Å². The number of carbonyl (C=O) groups excluding carboxylic acids is 2. The van der Waals surface area contributed by atoms with E-state index < -0.39 is 0 Å². The molecule has 1 aliphatic heterocycles. The summed E-state index contributed by atoms with van der Waals surface area (Å²) in [5.74, 6) is 0.0372. The van der Waals surface area contributed by atoms with E-state index in [1.807, 2.05) is 48.5 Å². The zero-order valence-electron chi connectivity index (χ0n) is 20.2. The molecule has 6 heteroatoms. The average molecular weight is 479 g/mol. The van der Waals surface area contributed by atoms with Crippen LogP contribution >= 0.6 is 0 Å². The van der Waals surface area contributed by atoms with Crippen molar-refractivity contribution < 1.29 is 9.59 Å². The Hall–Kier alpha value is -4.16. The molecule has 0 radical (unpaired) electrons. The van der Waals surface area contributed by atoms with Gasteiger partial charge in [0.05, 0.1) is 6.54 Å². The summed E-state index contributed by atoms with van der Waals surface area (Å²) in [5.41, 5.74) is 5.09. The Morgan fingerprint density at radius 3 is 2.47 bits per heavy atom. The lowest BCUT2D eigenvalue weighted by molar-refractivity contribution is -0.122. The van der Waals surface area contributed by atoms with Crippen molar-refractivity contribution in [2.24, 2.45) is 0 Å². The van der Waals surface area contributed by atoms with Crippen molar-refractivity contribution in [3.05, 3.63) is 108 Å². The van der Waals surface area contributed by atoms with Crippen LogP contribution in [0.2, 0.25) is 0 Å². The molecule has 0 atom stereocenters. The minimum Gasteiger partial charge on any atom is -0.355 e. The first-order chi connectivity index (χ1) is 17.7. The number of urea groups is 1. The Morgan fingerprint density at radius 2 is 1.58 bits per heavy atom. The Balaban J connectivity index is 1.13. The van der Waals surface area contributed by atoms with Crippen LogP contribution in [0.15, 0.2) is 91.0 Å². The number of hydrogen-bond donors (Lipinski definition) is 3. The lowest BCUT2D eigenvalue weighted by Crippen LogP contribution is -2.40. The van der Waals surface area contributed by atoms with Gasteiger partial charge in [0.1, 0.15) is 0 Å². The van der Waals surface area contributed by atoms with Crippen LogP contribution in [0.4, 0.5) is 16.2 Å². The molecule has 0 spiro atoms. The van der Waals surface area contributed by atoms with E-state index in [2.05, 4.69) is 63.3 Å². The maximum Gasteiger partial charge on any atom is 0.323 e. The Labute approximate surface area is 211 Å². The molecule has 36 heavy (non-hydrogen) atoms. The third-order valence-electron chi connectivity index (χ3n) is 6.59. The van der Waals surface area contributed by atoms with E-state index in [9.17, 15) is 9.59 Å². The van der Waals surface area contributed by atoms with Crippen LogP contribution in [0, 0.1) is 0 Å². The number of nitrogens with zero attached hydrogens (tertiary/aromatic N) is 1. The molecule has 0 aliphatic carbocycles. The van der Waals surface area contributed by atoms with E-state index in [4.69, 9.17) is 0 Å². The standard InChI is InChI=1S/C30H30N4O2/c35-29(31-18-16-23-10-6-9-22-8-4-5-14-26(22)23)21-34-19-17-27-24(20-34)11-7-15-28(27)33-30(36)32-25-12-2-1-3-13-25/h1-15H,16-21H2,(H,31,35)(H2,32,33,36). The molecule has 0 fully saturated rings. The highest BCUT2D eigenvalue weighted by Crippen LogP contribution is 2.26. The molecule has 1 heterocycles. The molecule has 182 valence electrons. The number of fused-ring (bicyclic) bond motifs is 2. The summed E-state index contributed by atoms with van der Waals surface area (Å²) in [7, 11) is 0. The Kier molecular flexibility index (Phi) is 7.24. The second kappa shape index (κ2) is 11.1. The highest BCUT2D eigenvalue weighted by atomic mass is 16.2. The summed E-state index contributed by atoms with van der Waals surface area (Å²) in [6.07, 6.45) is 1.58. The average Bonchev–Trinajstić information content (AvgIpc) is 2.89. The quantitative estimate of drug-likeness (QED) is 0.342. The summed E-state index contributed by atoms with van der Waals surface area (Å²) in [6.45, 7) is 2.42. The SMILES string of the molecule is O=C(CN1CCc2c(cccc2NC(=O)Nc2ccccc2)C1)NCCc1cccc2ccccc12. The van der Waals surface area contributed by atoms with Gasteiger partial charge in [0.15, 0.2) is 0 Å². The molecule has 5 rings (SSSR count). The van der Waals surface area contributed by atoms with Gasteiger partial charge in [0.25, 0.3) is 0 Å². The monoisotopic (exact) mass is 478 g/mol. The van der Waals surface area contributed by atoms with Crippen LogP contribution in [0.5, 0.6) is 0 Å². The van der Waals surface area contributed by atoms with Gasteiger partial charge in [-0.1, -0.05) is 72.8 Å². The third-order valence-corrected chi connectivity index (χ3v) is 6.59. The van der Waals surface area contributed by atoms with Crippen molar-refractivity contribution in [2.75, 3.05) is 30.3 Å². The normalized spacial score (nSPS) is 13.1. The topological polar surface area (TPSA) is 73.5 Å². The largest absolute Gasteiger partial charge is 0.355 e. The molecule has 4 aromatic carbocycles. The molecule has 3 amide bonds. The first-order valence-corrected chi connectivity index (χ1v) is 12.4. The Bertz CT molecular complexity index is 1360. The van der Waals surface area contributed by atoms with Crippen molar-refractivity contribution in [3.8, 4) is 0 Å². The second-order valence-corrected chi connectivity index (χ2v) is 9.09. The molecule has 0 saturated carbocycles. The molecular formula is C30H30N4O2. The Morgan fingerprint density at radius 1 is 0.806 bits per heavy atom.